The summed E-state index contributed by atoms with van der Waals surface area (Å²) in [6, 6.07) is 5.95. The highest BCUT2D eigenvalue weighted by Crippen LogP contribution is 2.21. The van der Waals surface area contributed by atoms with Gasteiger partial charge in [-0.2, -0.15) is 0 Å². The summed E-state index contributed by atoms with van der Waals surface area (Å²) in [6.07, 6.45) is 1.20. The van der Waals surface area contributed by atoms with Gasteiger partial charge >= 0.3 is 0 Å². The zero-order valence-corrected chi connectivity index (χ0v) is 14.1. The normalized spacial score (nSPS) is 11.3. The van der Waals surface area contributed by atoms with E-state index in [2.05, 4.69) is 36.6 Å². The second kappa shape index (κ2) is 9.64. The molecule has 0 fully saturated rings. The molecule has 0 bridgehead atoms. The summed E-state index contributed by atoms with van der Waals surface area (Å²) >= 11 is 0. The maximum atomic E-state index is 6.10. The zero-order valence-electron chi connectivity index (χ0n) is 14.1. The second-order valence-corrected chi connectivity index (χ2v) is 5.31. The molecule has 0 heterocycles. The van der Waals surface area contributed by atoms with Gasteiger partial charge in [-0.15, -0.1) is 0 Å². The fourth-order valence-corrected chi connectivity index (χ4v) is 2.49. The highest BCUT2D eigenvalue weighted by atomic mass is 16.5. The molecule has 0 radical (unpaired) electrons. The summed E-state index contributed by atoms with van der Waals surface area (Å²) in [5.74, 6) is 0.820. The molecule has 1 aromatic rings. The van der Waals surface area contributed by atoms with Crippen molar-refractivity contribution in [2.24, 2.45) is 0 Å². The van der Waals surface area contributed by atoms with Gasteiger partial charge in [-0.25, -0.2) is 0 Å². The van der Waals surface area contributed by atoms with Gasteiger partial charge in [0, 0.05) is 18.3 Å². The Bertz CT molecular complexity index is 405. The molecule has 0 spiro atoms. The molecular formula is C17H31N3O. The quantitative estimate of drug-likeness (QED) is 0.674. The Balaban J connectivity index is 2.50. The van der Waals surface area contributed by atoms with E-state index >= 15 is 0 Å². The Labute approximate surface area is 129 Å². The van der Waals surface area contributed by atoms with Crippen LogP contribution in [0.1, 0.15) is 32.8 Å². The van der Waals surface area contributed by atoms with Gasteiger partial charge in [0.2, 0.25) is 0 Å². The van der Waals surface area contributed by atoms with Crippen molar-refractivity contribution in [3.05, 3.63) is 23.8 Å². The Morgan fingerprint density at radius 1 is 1.00 bits per heavy atom. The molecule has 1 rings (SSSR count). The molecule has 0 aliphatic heterocycles. The smallest absolute Gasteiger partial charge is 0.120 e. The monoisotopic (exact) mass is 293 g/mol. The van der Waals surface area contributed by atoms with E-state index in [9.17, 15) is 0 Å². The topological polar surface area (TPSA) is 41.7 Å². The second-order valence-electron chi connectivity index (χ2n) is 5.31. The molecule has 4 heteroatoms. The fraction of sp³-hybridized carbons (Fsp3) is 0.647. The van der Waals surface area contributed by atoms with Gasteiger partial charge in [-0.1, -0.05) is 26.8 Å². The van der Waals surface area contributed by atoms with Gasteiger partial charge in [0.05, 0.1) is 7.11 Å². The summed E-state index contributed by atoms with van der Waals surface area (Å²) < 4.78 is 5.20. The summed E-state index contributed by atoms with van der Waals surface area (Å²) in [5.41, 5.74) is 8.10. The van der Waals surface area contributed by atoms with E-state index in [-0.39, 0.29) is 0 Å². The van der Waals surface area contributed by atoms with Crippen LogP contribution < -0.4 is 10.5 Å². The van der Waals surface area contributed by atoms with Gasteiger partial charge in [-0.05, 0) is 50.8 Å². The first-order chi connectivity index (χ1) is 10.1. The first kappa shape index (κ1) is 17.8. The van der Waals surface area contributed by atoms with Crippen molar-refractivity contribution in [3.8, 4) is 5.75 Å². The highest BCUT2D eigenvalue weighted by Gasteiger charge is 2.08. The lowest BCUT2D eigenvalue weighted by atomic mass is 10.1. The Kier molecular flexibility index (Phi) is 8.16. The molecule has 1 aromatic carbocycles. The predicted molar refractivity (Wildman–Crippen MR) is 90.8 cm³/mol. The largest absolute Gasteiger partial charge is 0.497 e. The Morgan fingerprint density at radius 2 is 1.62 bits per heavy atom. The van der Waals surface area contributed by atoms with E-state index in [1.54, 1.807) is 7.11 Å². The molecule has 0 aromatic heterocycles. The lowest BCUT2D eigenvalue weighted by Gasteiger charge is -2.24. The van der Waals surface area contributed by atoms with Crippen LogP contribution in [0, 0.1) is 0 Å². The first-order valence-electron chi connectivity index (χ1n) is 8.01. The van der Waals surface area contributed by atoms with Crippen molar-refractivity contribution in [1.82, 2.24) is 9.80 Å². The van der Waals surface area contributed by atoms with Crippen LogP contribution in [0.3, 0.4) is 0 Å². The molecule has 120 valence electrons. The number of hydrogen-bond donors (Lipinski definition) is 1. The third-order valence-electron chi connectivity index (χ3n) is 4.04. The Hall–Kier alpha value is -1.26. The molecule has 0 unspecified atom stereocenters. The number of methoxy groups -OCH3 is 1. The average Bonchev–Trinajstić information content (AvgIpc) is 2.51. The summed E-state index contributed by atoms with van der Waals surface area (Å²) in [4.78, 5) is 4.91. The Morgan fingerprint density at radius 3 is 2.14 bits per heavy atom. The predicted octanol–water partition coefficient (Wildman–Crippen LogP) is 2.83. The van der Waals surface area contributed by atoms with Crippen LogP contribution in [0.4, 0.5) is 5.69 Å². The van der Waals surface area contributed by atoms with E-state index in [1.807, 2.05) is 12.1 Å². The molecule has 4 nitrogen and oxygen atoms in total. The lowest BCUT2D eigenvalue weighted by Crippen LogP contribution is -2.30. The number of hydrogen-bond acceptors (Lipinski definition) is 4. The van der Waals surface area contributed by atoms with Crippen molar-refractivity contribution >= 4 is 5.69 Å². The number of nitrogens with zero attached hydrogens (tertiary/aromatic N) is 2. The van der Waals surface area contributed by atoms with Crippen LogP contribution in [0.25, 0.3) is 0 Å². The van der Waals surface area contributed by atoms with Gasteiger partial charge < -0.3 is 15.4 Å². The third-order valence-corrected chi connectivity index (χ3v) is 4.04. The standard InChI is InChI=1S/C17H31N3O/c1-5-19(6-2)11-8-12-20(7-3)14-15-9-10-16(21-4)13-17(15)18/h9-10,13H,5-8,11-12,14,18H2,1-4H3. The van der Waals surface area contributed by atoms with Gasteiger partial charge in [0.1, 0.15) is 5.75 Å². The van der Waals surface area contributed by atoms with Crippen LogP contribution in [-0.4, -0.2) is 49.6 Å². The van der Waals surface area contributed by atoms with Crippen LogP contribution in [0.5, 0.6) is 5.75 Å². The van der Waals surface area contributed by atoms with Gasteiger partial charge in [0.15, 0.2) is 0 Å². The van der Waals surface area contributed by atoms with E-state index in [0.29, 0.717) is 0 Å². The maximum absolute atomic E-state index is 6.10. The summed E-state index contributed by atoms with van der Waals surface area (Å²) in [6.45, 7) is 13.1. The van der Waals surface area contributed by atoms with Gasteiger partial charge in [0.25, 0.3) is 0 Å². The van der Waals surface area contributed by atoms with E-state index in [0.717, 1.165) is 44.2 Å². The van der Waals surface area contributed by atoms with E-state index in [4.69, 9.17) is 10.5 Å². The lowest BCUT2D eigenvalue weighted by molar-refractivity contribution is 0.238. The van der Waals surface area contributed by atoms with Crippen molar-refractivity contribution in [2.45, 2.75) is 33.7 Å². The minimum atomic E-state index is 0.816. The average molecular weight is 293 g/mol. The van der Waals surface area contributed by atoms with Crippen LogP contribution >= 0.6 is 0 Å². The van der Waals surface area contributed by atoms with Crippen LogP contribution in [-0.2, 0) is 6.54 Å². The zero-order chi connectivity index (χ0) is 15.7. The molecule has 0 aliphatic rings. The molecule has 0 saturated heterocycles. The van der Waals surface area contributed by atoms with Gasteiger partial charge in [-0.3, -0.25) is 4.90 Å². The van der Waals surface area contributed by atoms with Crippen molar-refractivity contribution < 1.29 is 4.74 Å². The number of anilines is 1. The first-order valence-corrected chi connectivity index (χ1v) is 8.01. The fourth-order valence-electron chi connectivity index (χ4n) is 2.49. The van der Waals surface area contributed by atoms with Crippen molar-refractivity contribution in [1.29, 1.82) is 0 Å². The summed E-state index contributed by atoms with van der Waals surface area (Å²) in [5, 5.41) is 0. The highest BCUT2D eigenvalue weighted by molar-refractivity contribution is 5.51. The van der Waals surface area contributed by atoms with Crippen molar-refractivity contribution in [2.75, 3.05) is 45.6 Å². The number of benzene rings is 1. The SMILES string of the molecule is CCN(CC)CCCN(CC)Cc1ccc(OC)cc1N. The van der Waals surface area contributed by atoms with E-state index < -0.39 is 0 Å². The maximum Gasteiger partial charge on any atom is 0.120 e. The number of nitrogen functional groups attached to an aromatic ring is 1. The van der Waals surface area contributed by atoms with Crippen LogP contribution in [0.15, 0.2) is 18.2 Å². The molecule has 2 N–H and O–H groups in total. The minimum Gasteiger partial charge on any atom is -0.497 e. The number of ether oxygens (including phenoxy) is 1. The number of rotatable bonds is 10. The molecule has 0 aliphatic carbocycles. The third kappa shape index (κ3) is 5.94. The molecule has 21 heavy (non-hydrogen) atoms. The summed E-state index contributed by atoms with van der Waals surface area (Å²) in [7, 11) is 1.67. The molecular weight excluding hydrogens is 262 g/mol. The molecule has 0 saturated carbocycles. The minimum absolute atomic E-state index is 0.816. The number of nitrogens with two attached hydrogens (primary N) is 1. The molecule has 0 atom stereocenters. The van der Waals surface area contributed by atoms with E-state index in [1.165, 1.54) is 18.5 Å². The molecule has 0 amide bonds. The van der Waals surface area contributed by atoms with Crippen molar-refractivity contribution in [3.63, 3.8) is 0 Å². The van der Waals surface area contributed by atoms with Crippen LogP contribution in [0.2, 0.25) is 0 Å².